The lowest BCUT2D eigenvalue weighted by atomic mass is 10.1. The number of carboxylic acid groups (broad SMARTS) is 1. The van der Waals surface area contributed by atoms with E-state index in [1.165, 1.54) is 18.2 Å². The van der Waals surface area contributed by atoms with Gasteiger partial charge in [-0.05, 0) is 18.2 Å². The number of aromatic carboxylic acids is 1. The van der Waals surface area contributed by atoms with Crippen LogP contribution >= 0.6 is 0 Å². The molecule has 3 aromatic rings. The van der Waals surface area contributed by atoms with Crippen LogP contribution in [0.1, 0.15) is 10.4 Å². The van der Waals surface area contributed by atoms with Crippen molar-refractivity contribution in [2.45, 2.75) is 0 Å². The second kappa shape index (κ2) is 5.28. The third-order valence-corrected chi connectivity index (χ3v) is 3.39. The van der Waals surface area contributed by atoms with E-state index in [1.54, 1.807) is 0 Å². The molecule has 0 bridgehead atoms. The maximum atomic E-state index is 14.0. The Hall–Kier alpha value is -3.09. The van der Waals surface area contributed by atoms with Gasteiger partial charge in [-0.3, -0.25) is 4.79 Å². The van der Waals surface area contributed by atoms with Crippen LogP contribution in [0.3, 0.4) is 0 Å². The molecule has 0 radical (unpaired) electrons. The molecule has 1 heterocycles. The largest absolute Gasteiger partial charge is 0.477 e. The summed E-state index contributed by atoms with van der Waals surface area (Å²) in [6.07, 6.45) is 0.892. The molecular formula is C16H8F3NO3. The fourth-order valence-corrected chi connectivity index (χ4v) is 2.32. The van der Waals surface area contributed by atoms with Gasteiger partial charge in [-0.15, -0.1) is 0 Å². The van der Waals surface area contributed by atoms with E-state index in [0.717, 1.165) is 22.9 Å². The molecule has 116 valence electrons. The molecule has 0 aliphatic heterocycles. The Morgan fingerprint density at radius 2 is 1.65 bits per heavy atom. The van der Waals surface area contributed by atoms with E-state index in [-0.39, 0.29) is 16.6 Å². The molecule has 0 spiro atoms. The molecule has 0 atom stereocenters. The Bertz CT molecular complexity index is 1010. The van der Waals surface area contributed by atoms with Gasteiger partial charge in [-0.1, -0.05) is 12.1 Å². The molecular weight excluding hydrogens is 311 g/mol. The number of rotatable bonds is 2. The van der Waals surface area contributed by atoms with Gasteiger partial charge in [-0.25, -0.2) is 18.0 Å². The van der Waals surface area contributed by atoms with Crippen LogP contribution in [0.25, 0.3) is 16.6 Å². The lowest BCUT2D eigenvalue weighted by molar-refractivity contribution is 0.0695. The first-order valence-electron chi connectivity index (χ1n) is 6.42. The van der Waals surface area contributed by atoms with E-state index in [1.807, 2.05) is 0 Å². The number of hydrogen-bond acceptors (Lipinski definition) is 2. The van der Waals surface area contributed by atoms with E-state index >= 15 is 0 Å². The molecule has 1 aromatic heterocycles. The average molecular weight is 319 g/mol. The monoisotopic (exact) mass is 319 g/mol. The molecule has 23 heavy (non-hydrogen) atoms. The van der Waals surface area contributed by atoms with Gasteiger partial charge in [-0.2, -0.15) is 0 Å². The van der Waals surface area contributed by atoms with Gasteiger partial charge in [0.05, 0.1) is 16.6 Å². The average Bonchev–Trinajstić information content (AvgIpc) is 2.50. The second-order valence-electron chi connectivity index (χ2n) is 4.78. The van der Waals surface area contributed by atoms with Crippen LogP contribution in [-0.2, 0) is 0 Å². The first kappa shape index (κ1) is 14.8. The summed E-state index contributed by atoms with van der Waals surface area (Å²) in [4.78, 5) is 23.3. The van der Waals surface area contributed by atoms with Crippen LogP contribution in [-0.4, -0.2) is 15.6 Å². The molecule has 7 heteroatoms. The molecule has 0 amide bonds. The highest BCUT2D eigenvalue weighted by Gasteiger charge is 2.18. The van der Waals surface area contributed by atoms with Crippen molar-refractivity contribution in [1.29, 1.82) is 0 Å². The van der Waals surface area contributed by atoms with Gasteiger partial charge >= 0.3 is 5.97 Å². The number of pyridine rings is 1. The zero-order chi connectivity index (χ0) is 16.7. The molecule has 0 fully saturated rings. The lowest BCUT2D eigenvalue weighted by Gasteiger charge is -2.13. The number of hydrogen-bond donors (Lipinski definition) is 1. The molecule has 0 unspecified atom stereocenters. The maximum Gasteiger partial charge on any atom is 0.341 e. The molecule has 0 saturated heterocycles. The topological polar surface area (TPSA) is 59.3 Å². The number of carbonyl (C=O) groups is 1. The SMILES string of the molecule is O=C(O)c1cn(-c2ccccc2F)c2cc(F)c(F)cc2c1=O. The van der Waals surface area contributed by atoms with Gasteiger partial charge in [0.15, 0.2) is 11.6 Å². The summed E-state index contributed by atoms with van der Waals surface area (Å²) in [7, 11) is 0. The Kier molecular flexibility index (Phi) is 3.40. The predicted octanol–water partition coefficient (Wildman–Crippen LogP) is 3.11. The number of halogens is 3. The molecule has 0 saturated carbocycles. The minimum Gasteiger partial charge on any atom is -0.477 e. The molecule has 1 N–H and O–H groups in total. The van der Waals surface area contributed by atoms with Gasteiger partial charge in [0.25, 0.3) is 0 Å². The van der Waals surface area contributed by atoms with Gasteiger partial charge in [0.2, 0.25) is 5.43 Å². The van der Waals surface area contributed by atoms with E-state index in [0.29, 0.717) is 6.07 Å². The fourth-order valence-electron chi connectivity index (χ4n) is 2.32. The zero-order valence-corrected chi connectivity index (χ0v) is 11.4. The highest BCUT2D eigenvalue weighted by atomic mass is 19.2. The molecule has 2 aromatic carbocycles. The second-order valence-corrected chi connectivity index (χ2v) is 4.78. The summed E-state index contributed by atoms with van der Waals surface area (Å²) < 4.78 is 42.0. The van der Waals surface area contributed by atoms with Crippen LogP contribution in [0.5, 0.6) is 0 Å². The highest BCUT2D eigenvalue weighted by Crippen LogP contribution is 2.22. The first-order valence-corrected chi connectivity index (χ1v) is 6.42. The Morgan fingerprint density at radius 1 is 1.00 bits per heavy atom. The third kappa shape index (κ3) is 2.36. The quantitative estimate of drug-likeness (QED) is 0.789. The van der Waals surface area contributed by atoms with Crippen LogP contribution in [0.15, 0.2) is 47.4 Å². The van der Waals surface area contributed by atoms with E-state index < -0.39 is 34.4 Å². The molecule has 3 rings (SSSR count). The van der Waals surface area contributed by atoms with E-state index in [4.69, 9.17) is 5.11 Å². The number of aromatic nitrogens is 1. The van der Waals surface area contributed by atoms with Crippen molar-refractivity contribution in [2.24, 2.45) is 0 Å². The van der Waals surface area contributed by atoms with E-state index in [2.05, 4.69) is 0 Å². The summed E-state index contributed by atoms with van der Waals surface area (Å²) in [5, 5.41) is 8.76. The van der Waals surface area contributed by atoms with Crippen molar-refractivity contribution >= 4 is 16.9 Å². The Morgan fingerprint density at radius 3 is 2.30 bits per heavy atom. The van der Waals surface area contributed by atoms with Crippen molar-refractivity contribution in [3.05, 3.63) is 75.8 Å². The minimum absolute atomic E-state index is 0.0917. The summed E-state index contributed by atoms with van der Waals surface area (Å²) in [5.74, 6) is -4.78. The van der Waals surface area contributed by atoms with Crippen LogP contribution in [0.4, 0.5) is 13.2 Å². The normalized spacial score (nSPS) is 10.9. The highest BCUT2D eigenvalue weighted by molar-refractivity contribution is 5.93. The van der Waals surface area contributed by atoms with Crippen LogP contribution < -0.4 is 5.43 Å². The Balaban J connectivity index is 2.53. The third-order valence-electron chi connectivity index (χ3n) is 3.39. The fraction of sp³-hybridized carbons (Fsp3) is 0. The number of para-hydroxylation sites is 1. The number of fused-ring (bicyclic) bond motifs is 1. The zero-order valence-electron chi connectivity index (χ0n) is 11.4. The summed E-state index contributed by atoms with van der Waals surface area (Å²) in [5.41, 5.74) is -1.87. The number of benzene rings is 2. The molecule has 0 aliphatic carbocycles. The molecule has 4 nitrogen and oxygen atoms in total. The summed E-state index contributed by atoms with van der Waals surface area (Å²) in [6, 6.07) is 6.69. The van der Waals surface area contributed by atoms with Crippen molar-refractivity contribution in [2.75, 3.05) is 0 Å². The van der Waals surface area contributed by atoms with Gasteiger partial charge < -0.3 is 9.67 Å². The van der Waals surface area contributed by atoms with E-state index in [9.17, 15) is 22.8 Å². The minimum atomic E-state index is -1.55. The smallest absolute Gasteiger partial charge is 0.341 e. The number of nitrogens with zero attached hydrogens (tertiary/aromatic N) is 1. The van der Waals surface area contributed by atoms with Crippen LogP contribution in [0.2, 0.25) is 0 Å². The van der Waals surface area contributed by atoms with Crippen LogP contribution in [0, 0.1) is 17.5 Å². The predicted molar refractivity (Wildman–Crippen MR) is 76.4 cm³/mol. The van der Waals surface area contributed by atoms with Crippen molar-refractivity contribution in [3.63, 3.8) is 0 Å². The van der Waals surface area contributed by atoms with Crippen molar-refractivity contribution in [1.82, 2.24) is 4.57 Å². The Labute approximate surface area is 127 Å². The van der Waals surface area contributed by atoms with Gasteiger partial charge in [0, 0.05) is 12.3 Å². The standard InChI is InChI=1S/C16H8F3NO3/c17-10-3-1-2-4-13(10)20-7-9(16(22)23)15(21)8-5-11(18)12(19)6-14(8)20/h1-7H,(H,22,23). The van der Waals surface area contributed by atoms with Gasteiger partial charge in [0.1, 0.15) is 11.4 Å². The maximum absolute atomic E-state index is 14.0. The molecule has 0 aliphatic rings. The lowest BCUT2D eigenvalue weighted by Crippen LogP contribution is -2.19. The van der Waals surface area contributed by atoms with Crippen molar-refractivity contribution < 1.29 is 23.1 Å². The first-order chi connectivity index (χ1) is 10.9. The van der Waals surface area contributed by atoms with Crippen molar-refractivity contribution in [3.8, 4) is 5.69 Å². The summed E-state index contributed by atoms with van der Waals surface area (Å²) >= 11 is 0. The summed E-state index contributed by atoms with van der Waals surface area (Å²) in [6.45, 7) is 0. The number of carboxylic acids is 1.